The number of nitrogens with zero attached hydrogens (tertiary/aromatic N) is 4. The van der Waals surface area contributed by atoms with E-state index in [1.54, 1.807) is 6.20 Å². The number of pyridine rings is 1. The lowest BCUT2D eigenvalue weighted by Crippen LogP contribution is -2.44. The molecule has 2 saturated heterocycles. The summed E-state index contributed by atoms with van der Waals surface area (Å²) in [4.78, 5) is 14.0. The largest absolute Gasteiger partial charge is 0.357 e. The Hall–Kier alpha value is -0.800. The van der Waals surface area contributed by atoms with E-state index in [0.717, 1.165) is 62.4 Å². The van der Waals surface area contributed by atoms with Gasteiger partial charge in [0.1, 0.15) is 5.82 Å². The van der Waals surface area contributed by atoms with E-state index in [-0.39, 0.29) is 24.0 Å². The van der Waals surface area contributed by atoms with E-state index >= 15 is 0 Å². The van der Waals surface area contributed by atoms with Crippen molar-refractivity contribution in [1.82, 2.24) is 20.5 Å². The van der Waals surface area contributed by atoms with Crippen LogP contribution in [-0.2, 0) is 0 Å². The molecule has 2 N–H and O–H groups in total. The van der Waals surface area contributed by atoms with Crippen molar-refractivity contribution in [3.63, 3.8) is 0 Å². The molecule has 1 aromatic rings. The Balaban J connectivity index is 0.00000261. The molecule has 0 amide bonds. The zero-order chi connectivity index (χ0) is 18.2. The van der Waals surface area contributed by atoms with Gasteiger partial charge in [-0.15, -0.1) is 24.0 Å². The summed E-state index contributed by atoms with van der Waals surface area (Å²) in [7, 11) is 0. The topological polar surface area (TPSA) is 55.8 Å². The molecule has 2 fully saturated rings. The van der Waals surface area contributed by atoms with Gasteiger partial charge in [-0.1, -0.05) is 11.6 Å². The lowest BCUT2D eigenvalue weighted by molar-refractivity contribution is 0.336. The summed E-state index contributed by atoms with van der Waals surface area (Å²) in [5.74, 6) is 1.80. The third-order valence-electron chi connectivity index (χ3n) is 5.01. The summed E-state index contributed by atoms with van der Waals surface area (Å²) >= 11 is 6.28. The predicted octanol–water partition coefficient (Wildman–Crippen LogP) is 2.97. The number of rotatable bonds is 7. The Morgan fingerprint density at radius 1 is 1.33 bits per heavy atom. The van der Waals surface area contributed by atoms with Crippen LogP contribution in [0.15, 0.2) is 23.3 Å². The normalized spacial score (nSPS) is 20.6. The van der Waals surface area contributed by atoms with Crippen LogP contribution in [0.3, 0.4) is 0 Å². The fourth-order valence-electron chi connectivity index (χ4n) is 3.69. The van der Waals surface area contributed by atoms with Crippen molar-refractivity contribution < 1.29 is 0 Å². The minimum absolute atomic E-state index is 0. The van der Waals surface area contributed by atoms with E-state index in [2.05, 4.69) is 32.3 Å². The molecule has 6 nitrogen and oxygen atoms in total. The molecule has 3 rings (SSSR count). The number of hydrogen-bond acceptors (Lipinski definition) is 4. The minimum Gasteiger partial charge on any atom is -0.357 e. The number of anilines is 1. The summed E-state index contributed by atoms with van der Waals surface area (Å²) in [6.45, 7) is 9.40. The van der Waals surface area contributed by atoms with Crippen LogP contribution in [0.2, 0.25) is 5.02 Å². The molecule has 1 aromatic heterocycles. The van der Waals surface area contributed by atoms with Gasteiger partial charge in [0.25, 0.3) is 0 Å². The highest BCUT2D eigenvalue weighted by molar-refractivity contribution is 14.0. The molecule has 152 valence electrons. The highest BCUT2D eigenvalue weighted by Crippen LogP contribution is 2.25. The van der Waals surface area contributed by atoms with Crippen molar-refractivity contribution in [2.24, 2.45) is 4.99 Å². The van der Waals surface area contributed by atoms with E-state index < -0.39 is 0 Å². The van der Waals surface area contributed by atoms with Gasteiger partial charge in [-0.25, -0.2) is 4.98 Å². The number of aliphatic imine (C=N–C) groups is 1. The van der Waals surface area contributed by atoms with Crippen LogP contribution in [0.4, 0.5) is 5.82 Å². The average Bonchev–Trinajstić information content (AvgIpc) is 3.31. The molecule has 27 heavy (non-hydrogen) atoms. The number of nitrogens with one attached hydrogen (secondary N) is 2. The highest BCUT2D eigenvalue weighted by atomic mass is 127. The molecule has 0 spiro atoms. The highest BCUT2D eigenvalue weighted by Gasteiger charge is 2.25. The Morgan fingerprint density at radius 3 is 2.89 bits per heavy atom. The number of halogens is 2. The maximum absolute atomic E-state index is 6.28. The fourth-order valence-corrected chi connectivity index (χ4v) is 3.93. The summed E-state index contributed by atoms with van der Waals surface area (Å²) in [6, 6.07) is 4.14. The van der Waals surface area contributed by atoms with E-state index in [1.807, 2.05) is 12.1 Å². The third-order valence-corrected chi connectivity index (χ3v) is 5.31. The second-order valence-corrected chi connectivity index (χ2v) is 7.45. The van der Waals surface area contributed by atoms with E-state index in [1.165, 1.54) is 25.9 Å². The van der Waals surface area contributed by atoms with E-state index in [0.29, 0.717) is 6.04 Å². The zero-order valence-corrected chi connectivity index (χ0v) is 19.2. The van der Waals surface area contributed by atoms with Gasteiger partial charge in [0.2, 0.25) is 0 Å². The SMILES string of the molecule is CCNC(=NCCCN1CCCC1)NC1CCN(c2ncccc2Cl)C1.I. The first-order valence-electron chi connectivity index (χ1n) is 9.89. The summed E-state index contributed by atoms with van der Waals surface area (Å²) in [5, 5.41) is 7.66. The van der Waals surface area contributed by atoms with Crippen molar-refractivity contribution >= 4 is 47.4 Å². The van der Waals surface area contributed by atoms with Gasteiger partial charge in [-0.3, -0.25) is 4.99 Å². The quantitative estimate of drug-likeness (QED) is 0.258. The van der Waals surface area contributed by atoms with Gasteiger partial charge in [-0.05, 0) is 64.4 Å². The van der Waals surface area contributed by atoms with Crippen LogP contribution >= 0.6 is 35.6 Å². The van der Waals surface area contributed by atoms with Crippen molar-refractivity contribution in [2.45, 2.75) is 38.6 Å². The van der Waals surface area contributed by atoms with Crippen molar-refractivity contribution in [2.75, 3.05) is 50.7 Å². The van der Waals surface area contributed by atoms with Crippen molar-refractivity contribution in [1.29, 1.82) is 0 Å². The summed E-state index contributed by atoms with van der Waals surface area (Å²) < 4.78 is 0. The van der Waals surface area contributed by atoms with Gasteiger partial charge in [0.15, 0.2) is 5.96 Å². The molecule has 2 aliphatic heterocycles. The third kappa shape index (κ3) is 6.94. The van der Waals surface area contributed by atoms with Crippen LogP contribution < -0.4 is 15.5 Å². The molecule has 0 saturated carbocycles. The molecule has 1 unspecified atom stereocenters. The first-order chi connectivity index (χ1) is 12.8. The monoisotopic (exact) mass is 506 g/mol. The standard InChI is InChI=1S/C19H31ClN6.HI/c1-2-21-19(23-10-6-13-25-11-3-4-12-25)24-16-8-14-26(15-16)18-17(20)7-5-9-22-18;/h5,7,9,16H,2-4,6,8,10-15H2,1H3,(H2,21,23,24);1H. The Morgan fingerprint density at radius 2 is 2.15 bits per heavy atom. The van der Waals surface area contributed by atoms with Gasteiger partial charge in [-0.2, -0.15) is 0 Å². The molecule has 0 aliphatic carbocycles. The fraction of sp³-hybridized carbons (Fsp3) is 0.684. The summed E-state index contributed by atoms with van der Waals surface area (Å²) in [6.07, 6.45) is 6.69. The smallest absolute Gasteiger partial charge is 0.191 e. The Bertz CT molecular complexity index is 593. The molecular weight excluding hydrogens is 475 g/mol. The average molecular weight is 507 g/mol. The molecule has 0 radical (unpaired) electrons. The van der Waals surface area contributed by atoms with Gasteiger partial charge >= 0.3 is 0 Å². The number of likely N-dealkylation sites (tertiary alicyclic amines) is 1. The number of guanidine groups is 1. The first-order valence-corrected chi connectivity index (χ1v) is 10.3. The minimum atomic E-state index is 0. The maximum Gasteiger partial charge on any atom is 0.191 e. The zero-order valence-electron chi connectivity index (χ0n) is 16.2. The molecule has 8 heteroatoms. The lowest BCUT2D eigenvalue weighted by atomic mass is 10.3. The molecule has 3 heterocycles. The number of hydrogen-bond donors (Lipinski definition) is 2. The Kier molecular flexibility index (Phi) is 9.92. The van der Waals surface area contributed by atoms with Crippen LogP contribution in [0.5, 0.6) is 0 Å². The number of aromatic nitrogens is 1. The first kappa shape index (κ1) is 22.5. The van der Waals surface area contributed by atoms with Gasteiger partial charge in [0.05, 0.1) is 5.02 Å². The van der Waals surface area contributed by atoms with Crippen LogP contribution in [-0.4, -0.2) is 67.7 Å². The molecular formula is C19H32ClIN6. The van der Waals surface area contributed by atoms with Gasteiger partial charge in [0, 0.05) is 38.4 Å². The molecule has 0 bridgehead atoms. The van der Waals surface area contributed by atoms with E-state index in [4.69, 9.17) is 16.6 Å². The predicted molar refractivity (Wildman–Crippen MR) is 125 cm³/mol. The second-order valence-electron chi connectivity index (χ2n) is 7.05. The molecule has 2 aliphatic rings. The summed E-state index contributed by atoms with van der Waals surface area (Å²) in [5.41, 5.74) is 0. The second kappa shape index (κ2) is 11.9. The van der Waals surface area contributed by atoms with Crippen LogP contribution in [0.1, 0.15) is 32.6 Å². The lowest BCUT2D eigenvalue weighted by Gasteiger charge is -2.20. The maximum atomic E-state index is 6.28. The van der Waals surface area contributed by atoms with Crippen LogP contribution in [0.25, 0.3) is 0 Å². The van der Waals surface area contributed by atoms with Crippen molar-refractivity contribution in [3.8, 4) is 0 Å². The molecule has 1 atom stereocenters. The van der Waals surface area contributed by atoms with Crippen molar-refractivity contribution in [3.05, 3.63) is 23.4 Å². The van der Waals surface area contributed by atoms with Gasteiger partial charge < -0.3 is 20.4 Å². The Labute approximate surface area is 185 Å². The van der Waals surface area contributed by atoms with Crippen LogP contribution in [0, 0.1) is 0 Å². The molecule has 0 aromatic carbocycles. The van der Waals surface area contributed by atoms with E-state index in [9.17, 15) is 0 Å².